The van der Waals surface area contributed by atoms with Crippen molar-refractivity contribution in [1.82, 2.24) is 20.5 Å². The first-order chi connectivity index (χ1) is 13.3. The van der Waals surface area contributed by atoms with E-state index in [1.807, 2.05) is 6.92 Å². The monoisotopic (exact) mass is 402 g/mol. The lowest BCUT2D eigenvalue weighted by atomic mass is 9.31. The molecule has 28 heavy (non-hydrogen) atoms. The summed E-state index contributed by atoms with van der Waals surface area (Å²) in [5.74, 6) is 4.02. The highest BCUT2D eigenvalue weighted by Crippen LogP contribution is 2.76. The fourth-order valence-electron chi connectivity index (χ4n) is 5.04. The zero-order chi connectivity index (χ0) is 19.6. The number of nitrogens with zero attached hydrogens (tertiary/aromatic N) is 2. The molecule has 5 fully saturated rings. The number of benzene rings is 1. The van der Waals surface area contributed by atoms with Gasteiger partial charge in [0.05, 0.1) is 4.90 Å². The molecule has 1 aliphatic heterocycles. The van der Waals surface area contributed by atoms with Crippen LogP contribution in [0.15, 0.2) is 29.2 Å². The maximum atomic E-state index is 10.5. The predicted molar refractivity (Wildman–Crippen MR) is 104 cm³/mol. The number of hydrogen-bond acceptors (Lipinski definition) is 5. The Balaban J connectivity index is 0.000000136. The number of aromatic nitrogens is 3. The van der Waals surface area contributed by atoms with Crippen LogP contribution in [0.1, 0.15) is 55.2 Å². The number of nitrogens with one attached hydrogen (secondary N) is 2. The van der Waals surface area contributed by atoms with Gasteiger partial charge in [0.1, 0.15) is 11.6 Å². The van der Waals surface area contributed by atoms with Crippen LogP contribution in [0.3, 0.4) is 0 Å². The van der Waals surface area contributed by atoms with Crippen molar-refractivity contribution in [3.8, 4) is 0 Å². The Bertz CT molecular complexity index is 971. The molecule has 0 spiro atoms. The zero-order valence-electron chi connectivity index (χ0n) is 16.0. The van der Waals surface area contributed by atoms with Crippen molar-refractivity contribution in [1.29, 1.82) is 0 Å². The van der Waals surface area contributed by atoms with E-state index in [4.69, 9.17) is 4.55 Å². The van der Waals surface area contributed by atoms with E-state index >= 15 is 0 Å². The molecule has 4 aliphatic carbocycles. The highest BCUT2D eigenvalue weighted by Gasteiger charge is 2.72. The number of aryl methyl sites for hydroxylation is 1. The third-order valence-electron chi connectivity index (χ3n) is 7.01. The van der Waals surface area contributed by atoms with Crippen LogP contribution in [0.5, 0.6) is 0 Å². The molecule has 150 valence electrons. The summed E-state index contributed by atoms with van der Waals surface area (Å²) in [4.78, 5) is 3.44. The minimum Gasteiger partial charge on any atom is -0.328 e. The van der Waals surface area contributed by atoms with Crippen LogP contribution in [0.4, 0.5) is 0 Å². The van der Waals surface area contributed by atoms with Gasteiger partial charge in [-0.15, -0.1) is 10.2 Å². The maximum Gasteiger partial charge on any atom is 0.294 e. The topological polar surface area (TPSA) is 108 Å². The first-order valence-electron chi connectivity index (χ1n) is 9.98. The predicted octanol–water partition coefficient (Wildman–Crippen LogP) is 2.56. The highest BCUT2D eigenvalue weighted by molar-refractivity contribution is 7.85. The quantitative estimate of drug-likeness (QED) is 0.679. The molecule has 0 radical (unpaired) electrons. The molecule has 3 N–H and O–H groups in total. The van der Waals surface area contributed by atoms with Gasteiger partial charge >= 0.3 is 0 Å². The summed E-state index contributed by atoms with van der Waals surface area (Å²) >= 11 is 0. The molecule has 7 rings (SSSR count). The van der Waals surface area contributed by atoms with E-state index in [0.29, 0.717) is 16.7 Å². The SMILES string of the molecule is C1CC1c1nnc(C23CC(C4CNC4)(C2)C3)[nH]1.Cc1ccc(S(=O)(=O)O)cc1. The van der Waals surface area contributed by atoms with E-state index in [1.54, 1.807) is 12.1 Å². The molecule has 2 aromatic rings. The average molecular weight is 403 g/mol. The van der Waals surface area contributed by atoms with Gasteiger partial charge in [-0.25, -0.2) is 0 Å². The molecule has 0 unspecified atom stereocenters. The second-order valence-electron chi connectivity index (χ2n) is 9.15. The summed E-state index contributed by atoms with van der Waals surface area (Å²) in [5.41, 5.74) is 2.06. The Hall–Kier alpha value is -1.77. The van der Waals surface area contributed by atoms with E-state index in [9.17, 15) is 8.42 Å². The molecular formula is C20H26N4O3S. The van der Waals surface area contributed by atoms with Gasteiger partial charge in [0.15, 0.2) is 0 Å². The van der Waals surface area contributed by atoms with Crippen molar-refractivity contribution >= 4 is 10.1 Å². The second kappa shape index (κ2) is 6.11. The summed E-state index contributed by atoms with van der Waals surface area (Å²) in [5, 5.41) is 12.2. The normalized spacial score (nSPS) is 31.1. The third-order valence-corrected chi connectivity index (χ3v) is 7.88. The minimum absolute atomic E-state index is 0.0666. The lowest BCUT2D eigenvalue weighted by Crippen LogP contribution is -2.72. The van der Waals surface area contributed by atoms with Gasteiger partial charge in [-0.3, -0.25) is 4.55 Å². The van der Waals surface area contributed by atoms with Crippen molar-refractivity contribution < 1.29 is 13.0 Å². The number of hydrogen-bond donors (Lipinski definition) is 3. The van der Waals surface area contributed by atoms with E-state index in [2.05, 4.69) is 20.5 Å². The van der Waals surface area contributed by atoms with Crippen molar-refractivity contribution in [3.05, 3.63) is 41.5 Å². The van der Waals surface area contributed by atoms with Crippen molar-refractivity contribution in [2.75, 3.05) is 13.1 Å². The van der Waals surface area contributed by atoms with Gasteiger partial charge < -0.3 is 10.3 Å². The molecule has 1 saturated heterocycles. The molecule has 1 aromatic carbocycles. The summed E-state index contributed by atoms with van der Waals surface area (Å²) in [6.45, 7) is 4.34. The molecule has 8 heteroatoms. The number of rotatable bonds is 4. The molecule has 0 atom stereocenters. The molecule has 4 saturated carbocycles. The Kier molecular flexibility index (Phi) is 3.99. The fraction of sp³-hybridized carbons (Fsp3) is 0.600. The first-order valence-corrected chi connectivity index (χ1v) is 11.4. The van der Waals surface area contributed by atoms with Gasteiger partial charge in [-0.2, -0.15) is 8.42 Å². The van der Waals surface area contributed by atoms with E-state index in [0.717, 1.165) is 17.3 Å². The smallest absolute Gasteiger partial charge is 0.294 e. The Morgan fingerprint density at radius 2 is 1.71 bits per heavy atom. The van der Waals surface area contributed by atoms with Gasteiger partial charge in [-0.05, 0) is 75.6 Å². The molecular weight excluding hydrogens is 376 g/mol. The average Bonchev–Trinajstić information content (AvgIpc) is 3.26. The highest BCUT2D eigenvalue weighted by atomic mass is 32.2. The fourth-order valence-corrected chi connectivity index (χ4v) is 5.52. The summed E-state index contributed by atoms with van der Waals surface area (Å²) < 4.78 is 29.6. The van der Waals surface area contributed by atoms with Crippen molar-refractivity contribution in [2.45, 2.75) is 55.3 Å². The standard InChI is InChI=1S/C13H18N4.C7H8O3S/c1-2-8(1)10-15-11(17-16-10)13-5-12(6-13,7-13)9-3-14-4-9;1-6-2-4-7(5-3-6)11(8,9)10/h8-9,14H,1-7H2,(H,15,16,17);2-5H,1H3,(H,8,9,10). The minimum atomic E-state index is -4.02. The van der Waals surface area contributed by atoms with Gasteiger partial charge in [0.25, 0.3) is 10.1 Å². The Morgan fingerprint density at radius 1 is 1.07 bits per heavy atom. The molecule has 5 aliphatic rings. The van der Waals surface area contributed by atoms with Gasteiger partial charge in [0.2, 0.25) is 0 Å². The third kappa shape index (κ3) is 2.98. The van der Waals surface area contributed by atoms with E-state index < -0.39 is 10.1 Å². The summed E-state index contributed by atoms with van der Waals surface area (Å²) in [6.07, 6.45) is 6.71. The molecule has 1 aromatic heterocycles. The number of H-pyrrole nitrogens is 1. The Morgan fingerprint density at radius 3 is 2.21 bits per heavy atom. The van der Waals surface area contributed by atoms with E-state index in [-0.39, 0.29) is 4.90 Å². The van der Waals surface area contributed by atoms with E-state index in [1.165, 1.54) is 63.2 Å². The van der Waals surface area contributed by atoms with Crippen LogP contribution in [-0.4, -0.2) is 41.2 Å². The molecule has 2 bridgehead atoms. The van der Waals surface area contributed by atoms with Crippen molar-refractivity contribution in [2.24, 2.45) is 11.3 Å². The van der Waals surface area contributed by atoms with Gasteiger partial charge in [-0.1, -0.05) is 17.7 Å². The van der Waals surface area contributed by atoms with Gasteiger partial charge in [0, 0.05) is 11.3 Å². The first kappa shape index (κ1) is 18.3. The summed E-state index contributed by atoms with van der Waals surface area (Å²) in [6, 6.07) is 5.99. The van der Waals surface area contributed by atoms with Crippen LogP contribution in [0.25, 0.3) is 0 Å². The van der Waals surface area contributed by atoms with Crippen LogP contribution in [0.2, 0.25) is 0 Å². The van der Waals surface area contributed by atoms with Crippen LogP contribution in [-0.2, 0) is 15.5 Å². The lowest BCUT2D eigenvalue weighted by Gasteiger charge is -2.73. The molecule has 2 heterocycles. The second-order valence-corrected chi connectivity index (χ2v) is 10.6. The van der Waals surface area contributed by atoms with Crippen LogP contribution >= 0.6 is 0 Å². The molecule has 7 nitrogen and oxygen atoms in total. The van der Waals surface area contributed by atoms with Crippen molar-refractivity contribution in [3.63, 3.8) is 0 Å². The Labute approximate surface area is 165 Å². The summed E-state index contributed by atoms with van der Waals surface area (Å²) in [7, 11) is -4.02. The number of aromatic amines is 1. The maximum absolute atomic E-state index is 10.5. The molecule has 0 amide bonds. The van der Waals surface area contributed by atoms with Crippen LogP contribution < -0.4 is 5.32 Å². The zero-order valence-corrected chi connectivity index (χ0v) is 16.8. The van der Waals surface area contributed by atoms with Crippen LogP contribution in [0, 0.1) is 18.3 Å². The lowest BCUT2D eigenvalue weighted by molar-refractivity contribution is -0.195. The largest absolute Gasteiger partial charge is 0.328 e.